The largest absolute Gasteiger partial charge is 0.494 e. The molecule has 0 bridgehead atoms. The molecule has 0 saturated carbocycles. The van der Waals surface area contributed by atoms with Gasteiger partial charge in [-0.25, -0.2) is 33.7 Å². The molecule has 0 unspecified atom stereocenters. The summed E-state index contributed by atoms with van der Waals surface area (Å²) in [5.41, 5.74) is -1.20. The highest BCUT2D eigenvalue weighted by atomic mass is 79.9. The highest BCUT2D eigenvalue weighted by Gasteiger charge is 2.53. The summed E-state index contributed by atoms with van der Waals surface area (Å²) in [6, 6.07) is 38.2. The van der Waals surface area contributed by atoms with Crippen molar-refractivity contribution in [3.8, 4) is 0 Å². The van der Waals surface area contributed by atoms with Gasteiger partial charge in [0.25, 0.3) is 0 Å². The van der Waals surface area contributed by atoms with Gasteiger partial charge in [0, 0.05) is 60.0 Å². The number of benzene rings is 6. The first-order chi connectivity index (χ1) is 51.3. The van der Waals surface area contributed by atoms with Gasteiger partial charge in [0.2, 0.25) is 0 Å². The molecule has 0 aromatic heterocycles. The molecule has 24 heteroatoms. The van der Waals surface area contributed by atoms with Crippen molar-refractivity contribution in [1.82, 2.24) is 0 Å². The van der Waals surface area contributed by atoms with Crippen LogP contribution >= 0.6 is 88.1 Å². The number of halogens is 4. The lowest BCUT2D eigenvalue weighted by atomic mass is 9.79. The van der Waals surface area contributed by atoms with Gasteiger partial charge in [-0.1, -0.05) is 165 Å². The number of hydrogen-bond donors (Lipinski definition) is 1. The predicted octanol–water partition coefficient (Wildman–Crippen LogP) is 20.5. The van der Waals surface area contributed by atoms with E-state index in [9.17, 15) is 33.7 Å². The summed E-state index contributed by atoms with van der Waals surface area (Å²) >= 11 is 18.9. The Labute approximate surface area is 642 Å². The van der Waals surface area contributed by atoms with Gasteiger partial charge < -0.3 is 18.6 Å². The van der Waals surface area contributed by atoms with E-state index >= 15 is 0 Å². The molecule has 2 fully saturated rings. The zero-order valence-corrected chi connectivity index (χ0v) is 69.0. The second kappa shape index (κ2) is 46.2. The Balaban J connectivity index is -0.000000642. The van der Waals surface area contributed by atoms with Gasteiger partial charge >= 0.3 is 14.2 Å². The van der Waals surface area contributed by atoms with E-state index in [4.69, 9.17) is 44.7 Å². The molecule has 0 N–H and O–H groups in total. The molecule has 0 atom stereocenters. The summed E-state index contributed by atoms with van der Waals surface area (Å²) in [6.07, 6.45) is 3.26. The molecule has 94 heavy (non-hydrogen) atoms. The van der Waals surface area contributed by atoms with E-state index < -0.39 is 133 Å². The highest BCUT2D eigenvalue weighted by molar-refractivity contribution is 9.11. The summed E-state index contributed by atoms with van der Waals surface area (Å²) < 4.78 is 261. The smallest absolute Gasteiger partial charge is 0.399 e. The van der Waals surface area contributed by atoms with Crippen molar-refractivity contribution in [2.75, 3.05) is 12.5 Å². The molecule has 0 amide bonds. The number of hydrogen-bond acceptors (Lipinski definition) is 14. The fraction of sp³-hybridized carbons (Fsp3) is 0.486. The molecule has 8 rings (SSSR count). The molecule has 2 heterocycles. The third-order valence-corrected chi connectivity index (χ3v) is 21.6. The second-order valence-electron chi connectivity index (χ2n) is 19.9. The van der Waals surface area contributed by atoms with Gasteiger partial charge in [-0.15, -0.1) is 24.4 Å². The quantitative estimate of drug-likeness (QED) is 0.0780. The molecule has 0 radical (unpaired) electrons. The maximum atomic E-state index is 12.7. The lowest BCUT2D eigenvalue weighted by Gasteiger charge is -2.32. The van der Waals surface area contributed by atoms with Crippen LogP contribution in [-0.2, 0) is 58.0 Å². The van der Waals surface area contributed by atoms with E-state index in [-0.39, 0.29) is 14.7 Å². The number of rotatable bonds is 10. The topological polar surface area (TPSA) is 173 Å². The van der Waals surface area contributed by atoms with Crippen LogP contribution in [-0.4, -0.2) is 98.6 Å². The summed E-state index contributed by atoms with van der Waals surface area (Å²) in [7, 11) is -16.9. The molecule has 6 aromatic rings. The Morgan fingerprint density at radius 2 is 0.596 bits per heavy atom. The fourth-order valence-corrected chi connectivity index (χ4v) is 10.9. The first kappa shape index (κ1) is 66.3. The summed E-state index contributed by atoms with van der Waals surface area (Å²) in [5, 5.41) is -7.44. The van der Waals surface area contributed by atoms with Crippen LogP contribution in [0.5, 0.6) is 0 Å². The van der Waals surface area contributed by atoms with Gasteiger partial charge in [0.1, 0.15) is 0 Å². The van der Waals surface area contributed by atoms with Crippen LogP contribution in [0.1, 0.15) is 199 Å². The van der Waals surface area contributed by atoms with Gasteiger partial charge in [-0.05, 0) is 235 Å². The van der Waals surface area contributed by atoms with Gasteiger partial charge in [0.05, 0.1) is 57.7 Å². The number of thioether (sulfide) groups is 1. The normalized spacial score (nSPS) is 18.1. The monoisotopic (exact) mass is 1690 g/mol. The Kier molecular flexibility index (Phi) is 32.6. The molecule has 12 nitrogen and oxygen atoms in total. The SMILES string of the molecule is CC.CC.CC.CC.CC.CS(=O)(=O)c1ccc(Br)cc1.CSc1ccc(Br)cc1.Sc1ccc(Br)cc1.[2H]C.[2H]C([2H])([2H])C(C([2H])([2H])[2H])S(=O)(=O)c1ccc(B2OC(C)(C)C(C)(C)O2)cc1.[2H]C([2H])([2H])C(C([2H])([2H])[2H])S(=O)(=O)c1ccc(B2OC(C)(C)C(C)(C)O2)cc1.[2H]C([2H])([2H])C(C([2H])([2H])[2H])S(=O)(=O)c1ccc(Br)cc1. The molecule has 2 aliphatic rings. The second-order valence-corrected chi connectivity index (χ2v) is 33.1. The number of thiol groups is 1. The van der Waals surface area contributed by atoms with Gasteiger partial charge in [0.15, 0.2) is 39.3 Å². The predicted molar refractivity (Wildman–Crippen MR) is 423 cm³/mol. The zero-order valence-electron chi connectivity index (χ0n) is 76.6. The molecule has 0 aliphatic carbocycles. The molecular weight excluding hydrogens is 1570 g/mol. The van der Waals surface area contributed by atoms with Crippen LogP contribution in [0.25, 0.3) is 0 Å². The standard InChI is InChI=1S/2C15H23BO4S.C9H11BrO2S.C7H7BrO2S.C7H7BrS.C6H5BrS.5C2H6.CH4/c2*1-11(2)21(17,18)13-9-7-12(8-10-13)16-19-14(3,4)15(5,6)20-16;1-7(2)13(11,12)9-5-3-8(10)4-6-9;1-11(9,10)7-4-2-6(8)3-5-7;1-9-7-4-2-6(8)3-5-7;7-5-1-3-6(8)4-2-5;5*1-2;/h2*7-11H,1-6H3;3-7H,1-2H3;2-5H,1H3;2-5H,1H3;1-4,8H;5*1-2H3;1H4/i3*1D3,2D3;;;;;;;;;1D. The van der Waals surface area contributed by atoms with Crippen molar-refractivity contribution in [2.45, 2.75) is 241 Å². The van der Waals surface area contributed by atoms with Crippen LogP contribution in [0.4, 0.5) is 0 Å². The fourth-order valence-electron chi connectivity index (χ4n) is 6.31. The van der Waals surface area contributed by atoms with E-state index in [1.165, 1.54) is 91.4 Å². The van der Waals surface area contributed by atoms with Crippen molar-refractivity contribution in [2.24, 2.45) is 0 Å². The lowest BCUT2D eigenvalue weighted by Crippen LogP contribution is -2.41. The van der Waals surface area contributed by atoms with Gasteiger partial charge in [-0.2, -0.15) is 0 Å². The molecule has 2 saturated heterocycles. The average molecular weight is 1700 g/mol. The van der Waals surface area contributed by atoms with Crippen molar-refractivity contribution in [1.29, 1.82) is 0 Å². The Hall–Kier alpha value is -2.29. The number of sulfone groups is 4. The van der Waals surface area contributed by atoms with Gasteiger partial charge in [-0.3, -0.25) is 0 Å². The average Bonchev–Trinajstić information content (AvgIpc) is 1.72. The van der Waals surface area contributed by atoms with Crippen LogP contribution in [0, 0.1) is 0 Å². The zero-order chi connectivity index (χ0) is 90.3. The van der Waals surface area contributed by atoms with Crippen LogP contribution in [0.3, 0.4) is 0 Å². The van der Waals surface area contributed by atoms with Crippen LogP contribution in [0.2, 0.25) is 0 Å². The lowest BCUT2D eigenvalue weighted by molar-refractivity contribution is 0.00578. The van der Waals surface area contributed by atoms with Crippen LogP contribution < -0.4 is 10.9 Å². The summed E-state index contributed by atoms with van der Waals surface area (Å²) in [6.45, 7) is 16.0. The van der Waals surface area contributed by atoms with Crippen molar-refractivity contribution in [3.63, 3.8) is 0 Å². The Morgan fingerprint density at radius 1 is 0.394 bits per heavy atom. The van der Waals surface area contributed by atoms with E-state index in [0.717, 1.165) is 18.3 Å². The first-order valence-corrected chi connectivity index (χ1v) is 40.7. The highest BCUT2D eigenvalue weighted by Crippen LogP contribution is 2.38. The molecule has 0 spiro atoms. The molecular formula is C70H110B2Br4O12S6. The van der Waals surface area contributed by atoms with E-state index in [2.05, 4.69) is 94.7 Å². The van der Waals surface area contributed by atoms with E-state index in [1.807, 2.05) is 161 Å². The maximum Gasteiger partial charge on any atom is 0.494 e. The molecule has 2 aliphatic heterocycles. The maximum absolute atomic E-state index is 12.7. The molecule has 532 valence electrons. The van der Waals surface area contributed by atoms with Crippen molar-refractivity contribution < 1.29 is 78.3 Å². The third-order valence-electron chi connectivity index (χ3n) is 12.7. The Bertz CT molecular complexity index is 3950. The minimum atomic E-state index is -4.61. The summed E-state index contributed by atoms with van der Waals surface area (Å²) in [5.74, 6) is 0. The van der Waals surface area contributed by atoms with E-state index in [1.54, 1.807) is 36.0 Å². The minimum Gasteiger partial charge on any atom is -0.399 e. The Morgan fingerprint density at radius 3 is 0.798 bits per heavy atom. The summed E-state index contributed by atoms with van der Waals surface area (Å²) in [4.78, 5) is 1.57. The third kappa shape index (κ3) is 32.4. The van der Waals surface area contributed by atoms with Crippen molar-refractivity contribution in [3.05, 3.63) is 163 Å². The molecule has 6 aromatic carbocycles. The first-order valence-electron chi connectivity index (χ1n) is 39.4. The minimum absolute atomic E-state index is 0.326. The van der Waals surface area contributed by atoms with Crippen LogP contribution in [0.15, 0.2) is 193 Å². The van der Waals surface area contributed by atoms with E-state index in [0.29, 0.717) is 20.3 Å². The van der Waals surface area contributed by atoms with Crippen molar-refractivity contribution >= 4 is 153 Å².